The number of rotatable bonds is 7. The molecule has 16 heavy (non-hydrogen) atoms. The van der Waals surface area contributed by atoms with Crippen LogP contribution in [0.1, 0.15) is 13.3 Å². The van der Waals surface area contributed by atoms with Gasteiger partial charge in [-0.3, -0.25) is 0 Å². The molecule has 0 rings (SSSR count). The quantitative estimate of drug-likeness (QED) is 0.672. The molecule has 0 aromatic heterocycles. The van der Waals surface area contributed by atoms with Crippen LogP contribution in [0.15, 0.2) is 0 Å². The van der Waals surface area contributed by atoms with Crippen molar-refractivity contribution in [3.8, 4) is 0 Å². The molecular formula is C10H30O2Si4. The molecule has 1 atom stereocenters. The second kappa shape index (κ2) is 6.65. The third kappa shape index (κ3) is 7.18. The minimum Gasteiger partial charge on any atom is -0.458 e. The summed E-state index contributed by atoms with van der Waals surface area (Å²) in [5, 5.41) is 0. The molecule has 0 aliphatic heterocycles. The average Bonchev–Trinajstić information content (AvgIpc) is 2.10. The van der Waals surface area contributed by atoms with Crippen LogP contribution in [-0.4, -0.2) is 40.0 Å². The zero-order chi connectivity index (χ0) is 13.0. The van der Waals surface area contributed by atoms with Gasteiger partial charge in [-0.05, 0) is 39.2 Å². The van der Waals surface area contributed by atoms with E-state index < -0.39 is 34.2 Å². The molecule has 0 saturated heterocycles. The highest BCUT2D eigenvalue weighted by Crippen LogP contribution is 2.14. The summed E-state index contributed by atoms with van der Waals surface area (Å²) in [5.74, 6) is 0. The molecule has 2 nitrogen and oxygen atoms in total. The molecule has 98 valence electrons. The van der Waals surface area contributed by atoms with Crippen LogP contribution in [-0.2, 0) is 8.54 Å². The second-order valence-corrected chi connectivity index (χ2v) is 26.3. The third-order valence-corrected chi connectivity index (χ3v) is 21.1. The van der Waals surface area contributed by atoms with E-state index in [2.05, 4.69) is 52.8 Å². The van der Waals surface area contributed by atoms with Gasteiger partial charge in [0.05, 0.1) is 14.0 Å². The molecule has 0 spiro atoms. The summed E-state index contributed by atoms with van der Waals surface area (Å²) in [5.41, 5.74) is 0.461. The fraction of sp³-hybridized carbons (Fsp3) is 1.00. The number of hydrogen-bond donors (Lipinski definition) is 0. The van der Waals surface area contributed by atoms with E-state index >= 15 is 0 Å². The van der Waals surface area contributed by atoms with Crippen LogP contribution in [0.2, 0.25) is 45.8 Å². The maximum atomic E-state index is 6.40. The molecule has 0 aromatic carbocycles. The normalized spacial score (nSPS) is 16.3. The molecule has 0 bridgehead atoms. The summed E-state index contributed by atoms with van der Waals surface area (Å²) in [6, 6.07) is 0. The van der Waals surface area contributed by atoms with Gasteiger partial charge in [-0.2, -0.15) is 0 Å². The average molecular weight is 295 g/mol. The number of hydrogen-bond acceptors (Lipinski definition) is 2. The predicted octanol–water partition coefficient (Wildman–Crippen LogP) is 2.44. The van der Waals surface area contributed by atoms with Crippen molar-refractivity contribution in [2.24, 2.45) is 0 Å². The van der Waals surface area contributed by atoms with E-state index in [1.165, 1.54) is 0 Å². The van der Waals surface area contributed by atoms with E-state index in [0.29, 0.717) is 5.73 Å². The lowest BCUT2D eigenvalue weighted by molar-refractivity contribution is 0.258. The summed E-state index contributed by atoms with van der Waals surface area (Å²) < 4.78 is 12.5. The smallest absolute Gasteiger partial charge is 0.174 e. The van der Waals surface area contributed by atoms with Gasteiger partial charge in [-0.1, -0.05) is 20.0 Å². The Morgan fingerprint density at radius 1 is 1.12 bits per heavy atom. The van der Waals surface area contributed by atoms with Gasteiger partial charge in [-0.15, -0.1) is 0 Å². The lowest BCUT2D eigenvalue weighted by Gasteiger charge is -2.32. The summed E-state index contributed by atoms with van der Waals surface area (Å²) in [6.45, 7) is 18.6. The van der Waals surface area contributed by atoms with Crippen molar-refractivity contribution < 1.29 is 8.54 Å². The van der Waals surface area contributed by atoms with E-state index in [9.17, 15) is 0 Å². The van der Waals surface area contributed by atoms with E-state index in [4.69, 9.17) is 8.54 Å². The molecule has 1 unspecified atom stereocenters. The van der Waals surface area contributed by atoms with Gasteiger partial charge in [0.1, 0.15) is 0 Å². The second-order valence-electron chi connectivity index (χ2n) is 6.33. The monoisotopic (exact) mass is 294 g/mol. The molecule has 0 aromatic rings. The highest BCUT2D eigenvalue weighted by atomic mass is 29.2. The Morgan fingerprint density at radius 2 is 1.62 bits per heavy atom. The first-order valence-electron chi connectivity index (χ1n) is 6.40. The Labute approximate surface area is 108 Å². The molecule has 0 amide bonds. The van der Waals surface area contributed by atoms with Gasteiger partial charge in [0.2, 0.25) is 0 Å². The summed E-state index contributed by atoms with van der Waals surface area (Å²) in [4.78, 5) is 0. The predicted molar refractivity (Wildman–Crippen MR) is 84.5 cm³/mol. The minimum atomic E-state index is -1.35. The van der Waals surface area contributed by atoms with Crippen molar-refractivity contribution >= 4 is 34.2 Å². The van der Waals surface area contributed by atoms with Crippen LogP contribution in [0.4, 0.5) is 0 Å². The standard InChI is InChI=1S/C10H30O2Si4/c1-9-10(13-12-15(4,5)6)11-16(7,8)14(2)3/h10,14H,9,13H2,1-8H3. The van der Waals surface area contributed by atoms with Crippen LogP contribution in [0.3, 0.4) is 0 Å². The maximum absolute atomic E-state index is 6.40. The van der Waals surface area contributed by atoms with Gasteiger partial charge < -0.3 is 8.54 Å². The Kier molecular flexibility index (Phi) is 6.98. The SMILES string of the molecule is CCC(O[Si](C)(C)[SiH](C)C)[SiH2]O[Si](C)(C)C. The molecule has 0 saturated carbocycles. The molecule has 0 aliphatic rings. The minimum absolute atomic E-state index is 0.461. The highest BCUT2D eigenvalue weighted by molar-refractivity contribution is 7.28. The molecule has 0 N–H and O–H groups in total. The fourth-order valence-electron chi connectivity index (χ4n) is 1.14. The van der Waals surface area contributed by atoms with Crippen LogP contribution in [0, 0.1) is 0 Å². The van der Waals surface area contributed by atoms with Crippen LogP contribution < -0.4 is 0 Å². The zero-order valence-electron chi connectivity index (χ0n) is 12.4. The lowest BCUT2D eigenvalue weighted by atomic mass is 10.5. The summed E-state index contributed by atoms with van der Waals surface area (Å²) in [7, 11) is -3.80. The first-order chi connectivity index (χ1) is 7.08. The molecule has 6 heteroatoms. The van der Waals surface area contributed by atoms with E-state index in [1.807, 2.05) is 0 Å². The first kappa shape index (κ1) is 16.8. The Bertz CT molecular complexity index is 201. The molecular weight excluding hydrogens is 264 g/mol. The van der Waals surface area contributed by atoms with E-state index in [0.717, 1.165) is 6.42 Å². The van der Waals surface area contributed by atoms with Gasteiger partial charge in [0.15, 0.2) is 25.9 Å². The lowest BCUT2D eigenvalue weighted by Crippen LogP contribution is -2.49. The van der Waals surface area contributed by atoms with E-state index in [-0.39, 0.29) is 0 Å². The molecule has 0 fully saturated rings. The maximum Gasteiger partial charge on any atom is 0.174 e. The van der Waals surface area contributed by atoms with Gasteiger partial charge >= 0.3 is 0 Å². The van der Waals surface area contributed by atoms with Crippen LogP contribution in [0.5, 0.6) is 0 Å². The molecule has 0 heterocycles. The van der Waals surface area contributed by atoms with E-state index in [1.54, 1.807) is 0 Å². The largest absolute Gasteiger partial charge is 0.458 e. The van der Waals surface area contributed by atoms with Crippen molar-refractivity contribution in [1.29, 1.82) is 0 Å². The summed E-state index contributed by atoms with van der Waals surface area (Å²) in [6.07, 6.45) is 1.13. The highest BCUT2D eigenvalue weighted by Gasteiger charge is 2.31. The van der Waals surface area contributed by atoms with Gasteiger partial charge in [0.25, 0.3) is 0 Å². The van der Waals surface area contributed by atoms with Crippen molar-refractivity contribution in [3.63, 3.8) is 0 Å². The van der Waals surface area contributed by atoms with Crippen molar-refractivity contribution in [3.05, 3.63) is 0 Å². The Balaban J connectivity index is 4.21. The first-order valence-corrected chi connectivity index (χ1v) is 18.2. The molecule has 0 radical (unpaired) electrons. The third-order valence-electron chi connectivity index (χ3n) is 3.02. The van der Waals surface area contributed by atoms with Crippen LogP contribution >= 0.6 is 0 Å². The van der Waals surface area contributed by atoms with Gasteiger partial charge in [-0.25, -0.2) is 0 Å². The zero-order valence-corrected chi connectivity index (χ0v) is 17.0. The van der Waals surface area contributed by atoms with Crippen molar-refractivity contribution in [2.45, 2.75) is 64.9 Å². The van der Waals surface area contributed by atoms with Crippen molar-refractivity contribution in [1.82, 2.24) is 0 Å². The Hall–Kier alpha value is 0.788. The summed E-state index contributed by atoms with van der Waals surface area (Å²) >= 11 is 0. The molecule has 0 aliphatic carbocycles. The topological polar surface area (TPSA) is 18.5 Å². The van der Waals surface area contributed by atoms with Gasteiger partial charge in [0, 0.05) is 0 Å². The fourth-order valence-corrected chi connectivity index (χ4v) is 8.95. The Morgan fingerprint density at radius 3 is 1.94 bits per heavy atom. The van der Waals surface area contributed by atoms with Crippen LogP contribution in [0.25, 0.3) is 0 Å². The van der Waals surface area contributed by atoms with Crippen molar-refractivity contribution in [2.75, 3.05) is 0 Å².